The first-order chi connectivity index (χ1) is 7.22. The molecule has 2 aromatic rings. The Kier molecular flexibility index (Phi) is 2.37. The van der Waals surface area contributed by atoms with Crippen LogP contribution >= 0.6 is 0 Å². The zero-order chi connectivity index (χ0) is 10.8. The van der Waals surface area contributed by atoms with Gasteiger partial charge in [0.15, 0.2) is 0 Å². The van der Waals surface area contributed by atoms with E-state index in [1.165, 1.54) is 6.33 Å². The molecule has 2 rings (SSSR count). The first kappa shape index (κ1) is 9.64. The largest absolute Gasteiger partial charge is 0.313 e. The minimum atomic E-state index is -0.107. The third-order valence-corrected chi connectivity index (χ3v) is 2.32. The van der Waals surface area contributed by atoms with Crippen molar-refractivity contribution in [3.05, 3.63) is 34.6 Å². The molecule has 0 aliphatic rings. The third kappa shape index (κ3) is 1.68. The first-order valence-electron chi connectivity index (χ1n) is 4.79. The Morgan fingerprint density at radius 3 is 3.00 bits per heavy atom. The van der Waals surface area contributed by atoms with E-state index in [2.05, 4.69) is 15.1 Å². The molecular weight excluding hydrogens is 192 g/mol. The molecule has 0 spiro atoms. The van der Waals surface area contributed by atoms with Gasteiger partial charge in [-0.05, 0) is 13.8 Å². The number of aromatic amines is 1. The topological polar surface area (TPSA) is 63.6 Å². The van der Waals surface area contributed by atoms with Crippen LogP contribution in [-0.4, -0.2) is 19.7 Å². The van der Waals surface area contributed by atoms with E-state index in [0.29, 0.717) is 11.3 Å². The highest BCUT2D eigenvalue weighted by Crippen LogP contribution is 2.16. The number of nitrogens with one attached hydrogen (secondary N) is 1. The molecule has 0 saturated heterocycles. The van der Waals surface area contributed by atoms with Crippen molar-refractivity contribution in [2.24, 2.45) is 0 Å². The summed E-state index contributed by atoms with van der Waals surface area (Å²) in [4.78, 5) is 18.1. The molecule has 2 heterocycles. The van der Waals surface area contributed by atoms with Crippen LogP contribution < -0.4 is 5.56 Å². The normalized spacial score (nSPS) is 10.5. The van der Waals surface area contributed by atoms with Gasteiger partial charge >= 0.3 is 0 Å². The van der Waals surface area contributed by atoms with Gasteiger partial charge in [-0.3, -0.25) is 9.48 Å². The van der Waals surface area contributed by atoms with Crippen molar-refractivity contribution in [1.82, 2.24) is 19.7 Å². The van der Waals surface area contributed by atoms with Crippen LogP contribution in [0.15, 0.2) is 23.5 Å². The Morgan fingerprint density at radius 1 is 1.53 bits per heavy atom. The molecule has 0 aromatic carbocycles. The van der Waals surface area contributed by atoms with Crippen molar-refractivity contribution in [1.29, 1.82) is 0 Å². The van der Waals surface area contributed by atoms with E-state index < -0.39 is 0 Å². The number of aromatic nitrogens is 4. The van der Waals surface area contributed by atoms with Crippen LogP contribution in [0.5, 0.6) is 0 Å². The lowest BCUT2D eigenvalue weighted by Gasteiger charge is -1.99. The molecule has 0 aliphatic heterocycles. The molecule has 5 nitrogen and oxygen atoms in total. The van der Waals surface area contributed by atoms with Gasteiger partial charge in [0.1, 0.15) is 0 Å². The standard InChI is InChI=1S/C10H12N4O/c1-3-14-5-8(4-13-14)9-7(2)10(15)12-6-11-9/h4-6H,3H2,1-2H3,(H,11,12,15). The lowest BCUT2D eigenvalue weighted by atomic mass is 10.1. The van der Waals surface area contributed by atoms with Gasteiger partial charge in [-0.1, -0.05) is 0 Å². The molecule has 15 heavy (non-hydrogen) atoms. The molecule has 0 amide bonds. The highest BCUT2D eigenvalue weighted by molar-refractivity contribution is 5.59. The van der Waals surface area contributed by atoms with E-state index in [4.69, 9.17) is 0 Å². The highest BCUT2D eigenvalue weighted by atomic mass is 16.1. The van der Waals surface area contributed by atoms with Crippen molar-refractivity contribution in [3.63, 3.8) is 0 Å². The molecule has 0 bridgehead atoms. The second-order valence-electron chi connectivity index (χ2n) is 3.29. The quantitative estimate of drug-likeness (QED) is 0.792. The molecule has 2 aromatic heterocycles. The van der Waals surface area contributed by atoms with Gasteiger partial charge in [0.25, 0.3) is 5.56 Å². The maximum atomic E-state index is 11.4. The van der Waals surface area contributed by atoms with E-state index in [1.807, 2.05) is 13.1 Å². The minimum absolute atomic E-state index is 0.107. The van der Waals surface area contributed by atoms with Crippen molar-refractivity contribution in [2.75, 3.05) is 0 Å². The van der Waals surface area contributed by atoms with Crippen LogP contribution in [0, 0.1) is 6.92 Å². The summed E-state index contributed by atoms with van der Waals surface area (Å²) in [5, 5.41) is 4.15. The smallest absolute Gasteiger partial charge is 0.254 e. The molecule has 0 atom stereocenters. The lowest BCUT2D eigenvalue weighted by molar-refractivity contribution is 0.660. The summed E-state index contributed by atoms with van der Waals surface area (Å²) < 4.78 is 1.80. The monoisotopic (exact) mass is 204 g/mol. The van der Waals surface area contributed by atoms with Gasteiger partial charge in [0, 0.05) is 23.9 Å². The second kappa shape index (κ2) is 3.68. The number of nitrogens with zero attached hydrogens (tertiary/aromatic N) is 3. The van der Waals surface area contributed by atoms with Gasteiger partial charge in [0.05, 0.1) is 18.2 Å². The predicted molar refractivity (Wildman–Crippen MR) is 56.5 cm³/mol. The Labute approximate surface area is 86.8 Å². The first-order valence-corrected chi connectivity index (χ1v) is 4.79. The Balaban J connectivity index is 2.54. The fraction of sp³-hybridized carbons (Fsp3) is 0.300. The van der Waals surface area contributed by atoms with E-state index in [9.17, 15) is 4.79 Å². The fourth-order valence-electron chi connectivity index (χ4n) is 1.42. The third-order valence-electron chi connectivity index (χ3n) is 2.32. The van der Waals surface area contributed by atoms with Gasteiger partial charge in [-0.15, -0.1) is 0 Å². The Hall–Kier alpha value is -1.91. The Morgan fingerprint density at radius 2 is 2.33 bits per heavy atom. The van der Waals surface area contributed by atoms with E-state index in [0.717, 1.165) is 12.1 Å². The molecule has 5 heteroatoms. The van der Waals surface area contributed by atoms with Crippen LogP contribution in [-0.2, 0) is 6.54 Å². The average Bonchev–Trinajstić information content (AvgIpc) is 2.70. The molecular formula is C10H12N4O. The minimum Gasteiger partial charge on any atom is -0.313 e. The molecule has 0 fully saturated rings. The Bertz CT molecular complexity index is 526. The summed E-state index contributed by atoms with van der Waals surface area (Å²) in [6.07, 6.45) is 5.01. The van der Waals surface area contributed by atoms with Crippen LogP contribution in [0.25, 0.3) is 11.3 Å². The van der Waals surface area contributed by atoms with Gasteiger partial charge in [-0.25, -0.2) is 4.98 Å². The highest BCUT2D eigenvalue weighted by Gasteiger charge is 2.07. The van der Waals surface area contributed by atoms with Crippen LogP contribution in [0.2, 0.25) is 0 Å². The number of aryl methyl sites for hydroxylation is 1. The second-order valence-corrected chi connectivity index (χ2v) is 3.29. The molecule has 0 unspecified atom stereocenters. The molecule has 78 valence electrons. The summed E-state index contributed by atoms with van der Waals surface area (Å²) in [5.74, 6) is 0. The number of rotatable bonds is 2. The van der Waals surface area contributed by atoms with E-state index >= 15 is 0 Å². The summed E-state index contributed by atoms with van der Waals surface area (Å²) in [5.41, 5.74) is 2.08. The van der Waals surface area contributed by atoms with Gasteiger partial charge in [0.2, 0.25) is 0 Å². The van der Waals surface area contributed by atoms with Crippen LogP contribution in [0.4, 0.5) is 0 Å². The molecule has 0 aliphatic carbocycles. The van der Waals surface area contributed by atoms with Crippen LogP contribution in [0.1, 0.15) is 12.5 Å². The van der Waals surface area contributed by atoms with E-state index in [1.54, 1.807) is 17.8 Å². The average molecular weight is 204 g/mol. The van der Waals surface area contributed by atoms with Crippen molar-refractivity contribution in [3.8, 4) is 11.3 Å². The summed E-state index contributed by atoms with van der Waals surface area (Å²) in [6, 6.07) is 0. The number of hydrogen-bond donors (Lipinski definition) is 1. The van der Waals surface area contributed by atoms with Crippen molar-refractivity contribution < 1.29 is 0 Å². The summed E-state index contributed by atoms with van der Waals surface area (Å²) in [6.45, 7) is 4.57. The van der Waals surface area contributed by atoms with Gasteiger partial charge in [-0.2, -0.15) is 5.10 Å². The number of hydrogen-bond acceptors (Lipinski definition) is 3. The van der Waals surface area contributed by atoms with Crippen molar-refractivity contribution in [2.45, 2.75) is 20.4 Å². The predicted octanol–water partition coefficient (Wildman–Crippen LogP) is 0.962. The zero-order valence-electron chi connectivity index (χ0n) is 8.69. The summed E-state index contributed by atoms with van der Waals surface area (Å²) in [7, 11) is 0. The SMILES string of the molecule is CCn1cc(-c2nc[nH]c(=O)c2C)cn1. The van der Waals surface area contributed by atoms with Crippen molar-refractivity contribution >= 4 is 0 Å². The lowest BCUT2D eigenvalue weighted by Crippen LogP contribution is -2.11. The maximum absolute atomic E-state index is 11.4. The molecule has 1 N–H and O–H groups in total. The maximum Gasteiger partial charge on any atom is 0.254 e. The van der Waals surface area contributed by atoms with Crippen LogP contribution in [0.3, 0.4) is 0 Å². The fourth-order valence-corrected chi connectivity index (χ4v) is 1.42. The number of H-pyrrole nitrogens is 1. The molecule has 0 radical (unpaired) electrons. The zero-order valence-corrected chi connectivity index (χ0v) is 8.69. The summed E-state index contributed by atoms with van der Waals surface area (Å²) >= 11 is 0. The van der Waals surface area contributed by atoms with E-state index in [-0.39, 0.29) is 5.56 Å². The molecule has 0 saturated carbocycles. The van der Waals surface area contributed by atoms with Gasteiger partial charge < -0.3 is 4.98 Å².